The number of methoxy groups -OCH3 is 1. The van der Waals surface area contributed by atoms with Crippen LogP contribution < -0.4 is 5.32 Å². The van der Waals surface area contributed by atoms with Crippen LogP contribution in [0.5, 0.6) is 0 Å². The molecule has 0 aromatic heterocycles. The summed E-state index contributed by atoms with van der Waals surface area (Å²) in [6, 6.07) is 1.23. The van der Waals surface area contributed by atoms with Gasteiger partial charge in [0.05, 0.1) is 13.2 Å². The predicted molar refractivity (Wildman–Crippen MR) is 97.0 cm³/mol. The van der Waals surface area contributed by atoms with Gasteiger partial charge >= 0.3 is 0 Å². The maximum absolute atomic E-state index is 5.31. The molecule has 2 fully saturated rings. The normalized spacial score (nSPS) is 28.2. The molecule has 0 aromatic carbocycles. The van der Waals surface area contributed by atoms with Crippen molar-refractivity contribution in [3.05, 3.63) is 0 Å². The first-order valence-electron chi connectivity index (χ1n) is 9.43. The second-order valence-electron chi connectivity index (χ2n) is 7.18. The SMILES string of the molecule is CCNC(=NCC(C)N1CCCCC1C)N1CCC(COC)C1. The van der Waals surface area contributed by atoms with Crippen LogP contribution in [-0.2, 0) is 4.74 Å². The minimum absolute atomic E-state index is 0.524. The van der Waals surface area contributed by atoms with Gasteiger partial charge < -0.3 is 15.0 Å². The van der Waals surface area contributed by atoms with Crippen molar-refractivity contribution in [2.75, 3.05) is 46.4 Å². The van der Waals surface area contributed by atoms with Crippen LogP contribution in [0.25, 0.3) is 0 Å². The number of aliphatic imine (C=N–C) groups is 1. The highest BCUT2D eigenvalue weighted by atomic mass is 16.5. The Morgan fingerprint density at radius 2 is 2.13 bits per heavy atom. The quantitative estimate of drug-likeness (QED) is 0.600. The van der Waals surface area contributed by atoms with E-state index in [2.05, 4.69) is 35.9 Å². The lowest BCUT2D eigenvalue weighted by Gasteiger charge is -2.37. The largest absolute Gasteiger partial charge is 0.384 e. The van der Waals surface area contributed by atoms with Gasteiger partial charge in [0.1, 0.15) is 0 Å². The molecular weight excluding hydrogens is 288 g/mol. The highest BCUT2D eigenvalue weighted by Crippen LogP contribution is 2.20. The molecule has 2 aliphatic rings. The van der Waals surface area contributed by atoms with Crippen LogP contribution in [-0.4, -0.2) is 74.3 Å². The van der Waals surface area contributed by atoms with Crippen molar-refractivity contribution >= 4 is 5.96 Å². The minimum atomic E-state index is 0.524. The van der Waals surface area contributed by atoms with Gasteiger partial charge in [0, 0.05) is 44.7 Å². The molecule has 134 valence electrons. The molecule has 0 bridgehead atoms. The molecule has 0 saturated carbocycles. The van der Waals surface area contributed by atoms with Gasteiger partial charge in [-0.3, -0.25) is 9.89 Å². The van der Waals surface area contributed by atoms with Crippen LogP contribution in [0.3, 0.4) is 0 Å². The van der Waals surface area contributed by atoms with E-state index < -0.39 is 0 Å². The van der Waals surface area contributed by atoms with Crippen LogP contribution in [0.1, 0.15) is 46.5 Å². The summed E-state index contributed by atoms with van der Waals surface area (Å²) >= 11 is 0. The van der Waals surface area contributed by atoms with Gasteiger partial charge in [-0.15, -0.1) is 0 Å². The highest BCUT2D eigenvalue weighted by molar-refractivity contribution is 5.80. The number of hydrogen-bond donors (Lipinski definition) is 1. The number of piperidine rings is 1. The number of guanidine groups is 1. The number of nitrogens with one attached hydrogen (secondary N) is 1. The third kappa shape index (κ3) is 5.35. The number of hydrogen-bond acceptors (Lipinski definition) is 3. The Hall–Kier alpha value is -0.810. The van der Waals surface area contributed by atoms with E-state index in [-0.39, 0.29) is 0 Å². The van der Waals surface area contributed by atoms with Crippen molar-refractivity contribution in [3.63, 3.8) is 0 Å². The lowest BCUT2D eigenvalue weighted by atomic mass is 10.0. The van der Waals surface area contributed by atoms with Crippen LogP contribution >= 0.6 is 0 Å². The van der Waals surface area contributed by atoms with Gasteiger partial charge in [0.25, 0.3) is 0 Å². The van der Waals surface area contributed by atoms with Crippen molar-refractivity contribution < 1.29 is 4.74 Å². The van der Waals surface area contributed by atoms with Gasteiger partial charge in [0.15, 0.2) is 5.96 Å². The third-order valence-corrected chi connectivity index (χ3v) is 5.25. The third-order valence-electron chi connectivity index (χ3n) is 5.25. The number of nitrogens with zero attached hydrogens (tertiary/aromatic N) is 3. The molecule has 5 nitrogen and oxygen atoms in total. The summed E-state index contributed by atoms with van der Waals surface area (Å²) in [6.07, 6.45) is 5.25. The molecule has 0 spiro atoms. The lowest BCUT2D eigenvalue weighted by molar-refractivity contribution is 0.118. The van der Waals surface area contributed by atoms with Gasteiger partial charge in [0.2, 0.25) is 0 Å². The first-order chi connectivity index (χ1) is 11.2. The van der Waals surface area contributed by atoms with Crippen LogP contribution in [0.4, 0.5) is 0 Å². The Morgan fingerprint density at radius 1 is 1.30 bits per heavy atom. The molecule has 2 rings (SSSR count). The summed E-state index contributed by atoms with van der Waals surface area (Å²) in [4.78, 5) is 9.98. The summed E-state index contributed by atoms with van der Waals surface area (Å²) in [5, 5.41) is 3.47. The molecule has 5 heteroatoms. The summed E-state index contributed by atoms with van der Waals surface area (Å²) in [5.41, 5.74) is 0. The van der Waals surface area contributed by atoms with E-state index in [0.29, 0.717) is 18.0 Å². The van der Waals surface area contributed by atoms with E-state index >= 15 is 0 Å². The van der Waals surface area contributed by atoms with E-state index in [9.17, 15) is 0 Å². The first-order valence-corrected chi connectivity index (χ1v) is 9.43. The monoisotopic (exact) mass is 324 g/mol. The number of likely N-dealkylation sites (tertiary alicyclic amines) is 2. The molecule has 2 aliphatic heterocycles. The standard InChI is InChI=1S/C18H36N4O/c1-5-19-18(21-11-9-17(13-21)14-23-4)20-12-16(3)22-10-7-6-8-15(22)2/h15-17H,5-14H2,1-4H3,(H,19,20). The van der Waals surface area contributed by atoms with Gasteiger partial charge in [-0.2, -0.15) is 0 Å². The van der Waals surface area contributed by atoms with Gasteiger partial charge in [-0.05, 0) is 46.6 Å². The summed E-state index contributed by atoms with van der Waals surface area (Å²) < 4.78 is 5.31. The maximum Gasteiger partial charge on any atom is 0.193 e. The lowest BCUT2D eigenvalue weighted by Crippen LogP contribution is -2.46. The number of rotatable bonds is 6. The molecule has 1 N–H and O–H groups in total. The van der Waals surface area contributed by atoms with E-state index in [4.69, 9.17) is 9.73 Å². The number of ether oxygens (including phenoxy) is 1. The van der Waals surface area contributed by atoms with Crippen molar-refractivity contribution in [1.82, 2.24) is 15.1 Å². The summed E-state index contributed by atoms with van der Waals surface area (Å²) in [5.74, 6) is 1.73. The Balaban J connectivity index is 1.90. The molecule has 3 unspecified atom stereocenters. The Bertz CT molecular complexity index is 374. The topological polar surface area (TPSA) is 40.1 Å². The van der Waals surface area contributed by atoms with Crippen molar-refractivity contribution in [2.24, 2.45) is 10.9 Å². The average molecular weight is 325 g/mol. The van der Waals surface area contributed by atoms with Crippen molar-refractivity contribution in [2.45, 2.75) is 58.5 Å². The highest BCUT2D eigenvalue weighted by Gasteiger charge is 2.26. The first kappa shape index (κ1) is 18.5. The van der Waals surface area contributed by atoms with Crippen LogP contribution in [0.15, 0.2) is 4.99 Å². The maximum atomic E-state index is 5.31. The van der Waals surface area contributed by atoms with Crippen molar-refractivity contribution in [1.29, 1.82) is 0 Å². The van der Waals surface area contributed by atoms with E-state index in [1.54, 1.807) is 7.11 Å². The van der Waals surface area contributed by atoms with E-state index in [1.165, 1.54) is 32.2 Å². The fourth-order valence-electron chi connectivity index (χ4n) is 3.92. The molecule has 23 heavy (non-hydrogen) atoms. The zero-order valence-electron chi connectivity index (χ0n) is 15.6. The molecular formula is C18H36N4O. The Kier molecular flexibility index (Phi) is 7.63. The zero-order valence-corrected chi connectivity index (χ0v) is 15.6. The van der Waals surface area contributed by atoms with E-state index in [0.717, 1.165) is 38.7 Å². The molecule has 2 heterocycles. The molecule has 2 saturated heterocycles. The van der Waals surface area contributed by atoms with Crippen molar-refractivity contribution in [3.8, 4) is 0 Å². The summed E-state index contributed by atoms with van der Waals surface area (Å²) in [6.45, 7) is 12.9. The predicted octanol–water partition coefficient (Wildman–Crippen LogP) is 2.18. The molecule has 3 atom stereocenters. The zero-order chi connectivity index (χ0) is 16.7. The van der Waals surface area contributed by atoms with Crippen LogP contribution in [0.2, 0.25) is 0 Å². The molecule has 0 radical (unpaired) electrons. The second kappa shape index (κ2) is 9.48. The van der Waals surface area contributed by atoms with Gasteiger partial charge in [-0.25, -0.2) is 0 Å². The average Bonchev–Trinajstić information content (AvgIpc) is 3.00. The summed E-state index contributed by atoms with van der Waals surface area (Å²) in [7, 11) is 1.80. The smallest absolute Gasteiger partial charge is 0.193 e. The molecule has 0 amide bonds. The van der Waals surface area contributed by atoms with E-state index in [1.807, 2.05) is 0 Å². The fourth-order valence-corrected chi connectivity index (χ4v) is 3.92. The molecule has 0 aromatic rings. The minimum Gasteiger partial charge on any atom is -0.384 e. The fraction of sp³-hybridized carbons (Fsp3) is 0.944. The second-order valence-corrected chi connectivity index (χ2v) is 7.18. The van der Waals surface area contributed by atoms with Crippen LogP contribution in [0, 0.1) is 5.92 Å². The molecule has 0 aliphatic carbocycles. The Morgan fingerprint density at radius 3 is 2.83 bits per heavy atom. The Labute approximate surface area is 142 Å². The van der Waals surface area contributed by atoms with Gasteiger partial charge in [-0.1, -0.05) is 6.42 Å².